The van der Waals surface area contributed by atoms with Gasteiger partial charge in [0.1, 0.15) is 11.6 Å². The first-order valence-corrected chi connectivity index (χ1v) is 8.66. The van der Waals surface area contributed by atoms with E-state index in [0.29, 0.717) is 10.6 Å². The summed E-state index contributed by atoms with van der Waals surface area (Å²) >= 11 is 1.24. The lowest BCUT2D eigenvalue weighted by molar-refractivity contribution is -0.142. The molecule has 0 radical (unpaired) electrons. The second kappa shape index (κ2) is 6.17. The Morgan fingerprint density at radius 1 is 1.19 bits per heavy atom. The van der Waals surface area contributed by atoms with Gasteiger partial charge >= 0.3 is 6.18 Å². The van der Waals surface area contributed by atoms with Crippen LogP contribution < -0.4 is 10.5 Å². The number of nitrogens with two attached hydrogens (primary N) is 1. The van der Waals surface area contributed by atoms with Crippen LogP contribution in [0.2, 0.25) is 0 Å². The van der Waals surface area contributed by atoms with Crippen LogP contribution in [-0.4, -0.2) is 9.78 Å². The molecule has 4 rings (SSSR count). The van der Waals surface area contributed by atoms with Crippen molar-refractivity contribution in [3.05, 3.63) is 75.4 Å². The maximum Gasteiger partial charge on any atom is 0.435 e. The first-order chi connectivity index (χ1) is 12.9. The molecular formula is C18H11F3N4OS. The van der Waals surface area contributed by atoms with Crippen molar-refractivity contribution in [2.75, 3.05) is 0 Å². The Hall–Kier alpha value is -3.25. The third kappa shape index (κ3) is 2.74. The number of rotatable bonds is 2. The van der Waals surface area contributed by atoms with E-state index in [1.807, 2.05) is 6.07 Å². The van der Waals surface area contributed by atoms with Crippen LogP contribution in [0, 0.1) is 11.3 Å². The smallest absolute Gasteiger partial charge is 0.422 e. The lowest BCUT2D eigenvalue weighted by Gasteiger charge is -2.24. The summed E-state index contributed by atoms with van der Waals surface area (Å²) < 4.78 is 47.9. The minimum absolute atomic E-state index is 0.0666. The average Bonchev–Trinajstić information content (AvgIpc) is 3.28. The van der Waals surface area contributed by atoms with E-state index < -0.39 is 17.8 Å². The van der Waals surface area contributed by atoms with Crippen LogP contribution in [0.4, 0.5) is 13.2 Å². The number of nitriles is 1. The van der Waals surface area contributed by atoms with Gasteiger partial charge in [-0.15, -0.1) is 11.3 Å². The molecule has 27 heavy (non-hydrogen) atoms. The normalized spacial score (nSPS) is 16.6. The minimum Gasteiger partial charge on any atom is -0.422 e. The second-order valence-electron chi connectivity index (χ2n) is 5.75. The summed E-state index contributed by atoms with van der Waals surface area (Å²) in [6.07, 6.45) is -4.73. The van der Waals surface area contributed by atoms with Crippen molar-refractivity contribution in [2.45, 2.75) is 12.1 Å². The molecule has 3 aromatic rings. The summed E-state index contributed by atoms with van der Waals surface area (Å²) in [5.74, 6) is -1.36. The standard InChI is InChI=1S/C18H11F3N4OS/c19-18(20,21)15-14-13(12-7-4-8-27-12)11(9-22)16(23)26-17(14)25(24-15)10-5-2-1-3-6-10/h1-8,13H,23H2/t13-/m1/s1. The lowest BCUT2D eigenvalue weighted by Crippen LogP contribution is -2.22. The van der Waals surface area contributed by atoms with E-state index in [4.69, 9.17) is 10.5 Å². The Bertz CT molecular complexity index is 1060. The van der Waals surface area contributed by atoms with E-state index in [-0.39, 0.29) is 22.9 Å². The second-order valence-corrected chi connectivity index (χ2v) is 6.73. The van der Waals surface area contributed by atoms with Crippen LogP contribution in [0.15, 0.2) is 59.3 Å². The first kappa shape index (κ1) is 17.2. The fourth-order valence-electron chi connectivity index (χ4n) is 3.03. The van der Waals surface area contributed by atoms with Gasteiger partial charge in [0.25, 0.3) is 0 Å². The highest BCUT2D eigenvalue weighted by Crippen LogP contribution is 2.49. The van der Waals surface area contributed by atoms with Crippen molar-refractivity contribution >= 4 is 11.3 Å². The number of fused-ring (bicyclic) bond motifs is 1. The number of halogens is 3. The summed E-state index contributed by atoms with van der Waals surface area (Å²) in [6.45, 7) is 0. The molecule has 5 nitrogen and oxygen atoms in total. The van der Waals surface area contributed by atoms with E-state index in [1.54, 1.807) is 47.8 Å². The molecule has 2 aromatic heterocycles. The fourth-order valence-corrected chi connectivity index (χ4v) is 3.88. The highest BCUT2D eigenvalue weighted by atomic mass is 32.1. The quantitative estimate of drug-likeness (QED) is 0.715. The Morgan fingerprint density at radius 3 is 2.52 bits per heavy atom. The molecule has 3 heterocycles. The highest BCUT2D eigenvalue weighted by Gasteiger charge is 2.46. The van der Waals surface area contributed by atoms with Crippen LogP contribution in [-0.2, 0) is 6.18 Å². The molecular weight excluding hydrogens is 377 g/mol. The number of thiophene rings is 1. The van der Waals surface area contributed by atoms with E-state index >= 15 is 0 Å². The molecule has 2 N–H and O–H groups in total. The number of para-hydroxylation sites is 1. The molecule has 9 heteroatoms. The number of allylic oxidation sites excluding steroid dienone is 1. The van der Waals surface area contributed by atoms with Crippen molar-refractivity contribution in [1.29, 1.82) is 5.26 Å². The van der Waals surface area contributed by atoms with Gasteiger partial charge in [-0.3, -0.25) is 0 Å². The number of hydrogen-bond donors (Lipinski definition) is 1. The number of hydrogen-bond acceptors (Lipinski definition) is 5. The Kier molecular flexibility index (Phi) is 3.93. The first-order valence-electron chi connectivity index (χ1n) is 7.78. The predicted octanol–water partition coefficient (Wildman–Crippen LogP) is 4.17. The molecule has 0 saturated heterocycles. The maximum atomic E-state index is 13.8. The largest absolute Gasteiger partial charge is 0.435 e. The third-order valence-electron chi connectivity index (χ3n) is 4.14. The molecule has 0 bridgehead atoms. The Balaban J connectivity index is 2.05. The summed E-state index contributed by atoms with van der Waals surface area (Å²) in [6, 6.07) is 13.6. The maximum absolute atomic E-state index is 13.8. The molecule has 1 aliphatic heterocycles. The van der Waals surface area contributed by atoms with Gasteiger partial charge in [0.15, 0.2) is 5.69 Å². The van der Waals surface area contributed by atoms with E-state index in [1.165, 1.54) is 11.3 Å². The van der Waals surface area contributed by atoms with Crippen molar-refractivity contribution in [1.82, 2.24) is 9.78 Å². The predicted molar refractivity (Wildman–Crippen MR) is 92.2 cm³/mol. The number of aromatic nitrogens is 2. The SMILES string of the molecule is N#CC1=C(N)Oc2c(c(C(F)(F)F)nn2-c2ccccc2)[C@H]1c1cccs1. The summed E-state index contributed by atoms with van der Waals surface area (Å²) in [4.78, 5) is 0.553. The highest BCUT2D eigenvalue weighted by molar-refractivity contribution is 7.10. The monoisotopic (exact) mass is 388 g/mol. The molecule has 1 aromatic carbocycles. The summed E-state index contributed by atoms with van der Waals surface area (Å²) in [5.41, 5.74) is 4.90. The van der Waals surface area contributed by atoms with Gasteiger partial charge in [0.2, 0.25) is 11.8 Å². The zero-order valence-corrected chi connectivity index (χ0v) is 14.4. The van der Waals surface area contributed by atoms with E-state index in [2.05, 4.69) is 5.10 Å². The molecule has 136 valence electrons. The van der Waals surface area contributed by atoms with Gasteiger partial charge < -0.3 is 10.5 Å². The summed E-state index contributed by atoms with van der Waals surface area (Å²) in [7, 11) is 0. The average molecular weight is 388 g/mol. The van der Waals surface area contributed by atoms with E-state index in [9.17, 15) is 18.4 Å². The zero-order chi connectivity index (χ0) is 19.2. The van der Waals surface area contributed by atoms with E-state index in [0.717, 1.165) is 4.68 Å². The third-order valence-corrected chi connectivity index (χ3v) is 5.08. The topological polar surface area (TPSA) is 76.9 Å². The lowest BCUT2D eigenvalue weighted by atomic mass is 9.88. The summed E-state index contributed by atoms with van der Waals surface area (Å²) in [5, 5.41) is 15.0. The zero-order valence-electron chi connectivity index (χ0n) is 13.6. The molecule has 1 aliphatic rings. The van der Waals surface area contributed by atoms with Gasteiger partial charge in [-0.1, -0.05) is 24.3 Å². The van der Waals surface area contributed by atoms with Gasteiger partial charge in [-0.2, -0.15) is 28.2 Å². The van der Waals surface area contributed by atoms with Gasteiger partial charge in [0, 0.05) is 4.88 Å². The van der Waals surface area contributed by atoms with Crippen molar-refractivity contribution in [3.8, 4) is 17.6 Å². The number of benzene rings is 1. The van der Waals surface area contributed by atoms with Gasteiger partial charge in [0.05, 0.1) is 17.2 Å². The molecule has 0 aliphatic carbocycles. The molecule has 0 fully saturated rings. The molecule has 0 saturated carbocycles. The molecule has 0 amide bonds. The van der Waals surface area contributed by atoms with Gasteiger partial charge in [-0.05, 0) is 23.6 Å². The van der Waals surface area contributed by atoms with Crippen molar-refractivity contribution in [3.63, 3.8) is 0 Å². The minimum atomic E-state index is -4.73. The Labute approximate surface area is 155 Å². The number of ether oxygens (including phenoxy) is 1. The van der Waals surface area contributed by atoms with Crippen LogP contribution >= 0.6 is 11.3 Å². The van der Waals surface area contributed by atoms with Crippen LogP contribution in [0.1, 0.15) is 22.1 Å². The number of nitrogens with zero attached hydrogens (tertiary/aromatic N) is 3. The molecule has 1 atom stereocenters. The van der Waals surface area contributed by atoms with Crippen LogP contribution in [0.25, 0.3) is 5.69 Å². The van der Waals surface area contributed by atoms with Crippen molar-refractivity contribution < 1.29 is 17.9 Å². The molecule has 0 unspecified atom stereocenters. The number of alkyl halides is 3. The fraction of sp³-hybridized carbons (Fsp3) is 0.111. The molecule has 0 spiro atoms. The Morgan fingerprint density at radius 2 is 1.93 bits per heavy atom. The van der Waals surface area contributed by atoms with Gasteiger partial charge in [-0.25, -0.2) is 0 Å². The van der Waals surface area contributed by atoms with Crippen molar-refractivity contribution in [2.24, 2.45) is 5.73 Å². The van der Waals surface area contributed by atoms with Crippen LogP contribution in [0.3, 0.4) is 0 Å². The van der Waals surface area contributed by atoms with Crippen LogP contribution in [0.5, 0.6) is 5.88 Å².